The van der Waals surface area contributed by atoms with Crippen molar-refractivity contribution in [3.63, 3.8) is 0 Å². The van der Waals surface area contributed by atoms with Crippen molar-refractivity contribution in [2.45, 2.75) is 38.8 Å². The molecule has 0 spiro atoms. The van der Waals surface area contributed by atoms with E-state index in [0.717, 1.165) is 60.7 Å². The molecule has 3 aromatic rings. The van der Waals surface area contributed by atoms with E-state index in [1.165, 1.54) is 11.6 Å². The lowest BCUT2D eigenvalue weighted by Gasteiger charge is -2.39. The molecule has 3 aromatic carbocycles. The molecule has 9 heteroatoms. The van der Waals surface area contributed by atoms with E-state index in [9.17, 15) is 9.18 Å². The highest BCUT2D eigenvalue weighted by Gasteiger charge is 2.33. The van der Waals surface area contributed by atoms with E-state index in [0.29, 0.717) is 50.6 Å². The number of amides is 1. The molecule has 0 aliphatic carbocycles. The summed E-state index contributed by atoms with van der Waals surface area (Å²) in [6.07, 6.45) is 2.66. The van der Waals surface area contributed by atoms with Crippen molar-refractivity contribution in [2.75, 3.05) is 58.2 Å². The average molecular weight is 608 g/mol. The smallest absolute Gasteiger partial charge is 0.239 e. The van der Waals surface area contributed by atoms with Crippen molar-refractivity contribution in [1.82, 2.24) is 14.7 Å². The van der Waals surface area contributed by atoms with Crippen LogP contribution in [0.5, 0.6) is 5.75 Å². The fourth-order valence-corrected chi connectivity index (χ4v) is 6.53. The maximum Gasteiger partial charge on any atom is 0.239 e. The summed E-state index contributed by atoms with van der Waals surface area (Å²) in [4.78, 5) is 19.9. The van der Waals surface area contributed by atoms with Crippen LogP contribution in [-0.4, -0.2) is 79.1 Å². The van der Waals surface area contributed by atoms with Gasteiger partial charge in [0.15, 0.2) is 0 Å². The van der Waals surface area contributed by atoms with Crippen molar-refractivity contribution in [1.29, 1.82) is 0 Å². The normalized spacial score (nSPS) is 17.6. The molecular weight excluding hydrogens is 565 g/mol. The monoisotopic (exact) mass is 607 g/mol. The summed E-state index contributed by atoms with van der Waals surface area (Å²) < 4.78 is 20.2. The zero-order valence-electron chi connectivity index (χ0n) is 25.0. The van der Waals surface area contributed by atoms with Gasteiger partial charge in [-0.15, -0.1) is 0 Å². The quantitative estimate of drug-likeness (QED) is 0.314. The van der Waals surface area contributed by atoms with E-state index in [4.69, 9.17) is 27.8 Å². The van der Waals surface area contributed by atoms with Crippen molar-refractivity contribution in [3.8, 4) is 16.9 Å². The highest BCUT2D eigenvalue weighted by molar-refractivity contribution is 6.30. The molecule has 2 heterocycles. The third kappa shape index (κ3) is 7.68. The van der Waals surface area contributed by atoms with Gasteiger partial charge in [0.05, 0.1) is 12.6 Å². The van der Waals surface area contributed by atoms with Crippen LogP contribution in [0.3, 0.4) is 0 Å². The summed E-state index contributed by atoms with van der Waals surface area (Å²) in [6.45, 7) is 8.12. The first-order valence-corrected chi connectivity index (χ1v) is 15.7. The number of nitrogen functional groups attached to an aromatic ring is 1. The van der Waals surface area contributed by atoms with Gasteiger partial charge in [0.1, 0.15) is 11.6 Å². The van der Waals surface area contributed by atoms with Crippen LogP contribution in [0, 0.1) is 11.7 Å². The van der Waals surface area contributed by atoms with Gasteiger partial charge in [0.25, 0.3) is 0 Å². The van der Waals surface area contributed by atoms with Crippen LogP contribution in [-0.2, 0) is 17.8 Å². The van der Waals surface area contributed by atoms with E-state index in [1.54, 1.807) is 6.07 Å². The number of benzene rings is 3. The predicted octanol–water partition coefficient (Wildman–Crippen LogP) is 5.05. The van der Waals surface area contributed by atoms with Gasteiger partial charge in [0, 0.05) is 61.1 Å². The number of likely N-dealkylation sites (tertiary alicyclic amines) is 1. The molecule has 4 N–H and O–H groups in total. The summed E-state index contributed by atoms with van der Waals surface area (Å²) in [5, 5.41) is 0.722. The standard InChI is InChI=1S/C34H43ClFN5O2/c1-2-43-32-9-5-7-30(36)29(32)23-40-18-20-41(21-19-40)34(42)33(38)24-12-15-39(16-13-24)17-14-25-22-26(35)10-11-27(25)28-6-3-4-8-31(28)37/h3-11,22,24,33H,2,12-21,23,37-38H2,1H3/t33-/m1/s1. The molecule has 2 aliphatic heterocycles. The number of carbonyl (C=O) groups excluding carboxylic acids is 1. The van der Waals surface area contributed by atoms with Crippen LogP contribution in [0.1, 0.15) is 30.9 Å². The van der Waals surface area contributed by atoms with Gasteiger partial charge in [-0.25, -0.2) is 4.39 Å². The summed E-state index contributed by atoms with van der Waals surface area (Å²) >= 11 is 6.36. The third-order valence-electron chi connectivity index (χ3n) is 8.88. The highest BCUT2D eigenvalue weighted by atomic mass is 35.5. The molecule has 5 rings (SSSR count). The number of halogens is 2. The molecule has 2 fully saturated rings. The first kappa shape index (κ1) is 31.3. The number of piperazine rings is 1. The van der Waals surface area contributed by atoms with Gasteiger partial charge >= 0.3 is 0 Å². The van der Waals surface area contributed by atoms with Crippen LogP contribution >= 0.6 is 11.6 Å². The van der Waals surface area contributed by atoms with E-state index in [-0.39, 0.29) is 17.6 Å². The number of rotatable bonds is 10. The molecule has 230 valence electrons. The number of hydrogen-bond donors (Lipinski definition) is 2. The Morgan fingerprint density at radius 3 is 2.44 bits per heavy atom. The Balaban J connectivity index is 1.09. The number of hydrogen-bond acceptors (Lipinski definition) is 6. The summed E-state index contributed by atoms with van der Waals surface area (Å²) in [6, 6.07) is 18.4. The van der Waals surface area contributed by atoms with E-state index in [1.807, 2.05) is 54.3 Å². The SMILES string of the molecule is CCOc1cccc(F)c1CN1CCN(C(=O)[C@H](N)C2CCN(CCc3cc(Cl)ccc3-c3ccccc3N)CC2)CC1. The topological polar surface area (TPSA) is 88.1 Å². The lowest BCUT2D eigenvalue weighted by Crippen LogP contribution is -2.55. The fraction of sp³-hybridized carbons (Fsp3) is 0.441. The van der Waals surface area contributed by atoms with Gasteiger partial charge in [-0.05, 0) is 86.7 Å². The second kappa shape index (κ2) is 14.5. The Kier molecular flexibility index (Phi) is 10.6. The van der Waals surface area contributed by atoms with Crippen molar-refractivity contribution < 1.29 is 13.9 Å². The summed E-state index contributed by atoms with van der Waals surface area (Å²) in [7, 11) is 0. The Morgan fingerprint density at radius 2 is 1.72 bits per heavy atom. The Hall–Kier alpha value is -3.17. The van der Waals surface area contributed by atoms with E-state index < -0.39 is 6.04 Å². The van der Waals surface area contributed by atoms with Crippen molar-refractivity contribution >= 4 is 23.2 Å². The van der Waals surface area contributed by atoms with Crippen LogP contribution in [0.15, 0.2) is 60.7 Å². The number of carbonyl (C=O) groups is 1. The lowest BCUT2D eigenvalue weighted by molar-refractivity contribution is -0.136. The molecular formula is C34H43ClFN5O2. The first-order valence-electron chi connectivity index (χ1n) is 15.4. The minimum absolute atomic E-state index is 0.0306. The number of para-hydroxylation sites is 1. The molecule has 43 heavy (non-hydrogen) atoms. The summed E-state index contributed by atoms with van der Waals surface area (Å²) in [5.74, 6) is 0.526. The van der Waals surface area contributed by atoms with Gasteiger partial charge in [0.2, 0.25) is 5.91 Å². The molecule has 7 nitrogen and oxygen atoms in total. The Morgan fingerprint density at radius 1 is 0.977 bits per heavy atom. The number of ether oxygens (including phenoxy) is 1. The molecule has 0 unspecified atom stereocenters. The van der Waals surface area contributed by atoms with Crippen LogP contribution in [0.2, 0.25) is 5.02 Å². The highest BCUT2D eigenvalue weighted by Crippen LogP contribution is 2.32. The minimum atomic E-state index is -0.495. The zero-order valence-corrected chi connectivity index (χ0v) is 25.7. The molecule has 2 aliphatic rings. The second-order valence-corrected chi connectivity index (χ2v) is 12.0. The number of anilines is 1. The van der Waals surface area contributed by atoms with E-state index in [2.05, 4.69) is 15.9 Å². The number of nitrogens with two attached hydrogens (primary N) is 2. The van der Waals surface area contributed by atoms with Crippen LogP contribution in [0.25, 0.3) is 11.1 Å². The zero-order chi connectivity index (χ0) is 30.3. The van der Waals surface area contributed by atoms with Crippen LogP contribution < -0.4 is 16.2 Å². The molecule has 0 aromatic heterocycles. The molecule has 0 bridgehead atoms. The average Bonchev–Trinajstić information content (AvgIpc) is 3.02. The number of nitrogens with zero attached hydrogens (tertiary/aromatic N) is 3. The summed E-state index contributed by atoms with van der Waals surface area (Å²) in [5.41, 5.74) is 17.5. The lowest BCUT2D eigenvalue weighted by atomic mass is 9.88. The fourth-order valence-electron chi connectivity index (χ4n) is 6.33. The molecule has 1 atom stereocenters. The van der Waals surface area contributed by atoms with E-state index >= 15 is 0 Å². The van der Waals surface area contributed by atoms with Gasteiger partial charge < -0.3 is 26.0 Å². The minimum Gasteiger partial charge on any atom is -0.493 e. The van der Waals surface area contributed by atoms with Gasteiger partial charge in [-0.3, -0.25) is 9.69 Å². The number of piperidine rings is 1. The van der Waals surface area contributed by atoms with Gasteiger partial charge in [-0.1, -0.05) is 41.9 Å². The Bertz CT molecular complexity index is 1390. The first-order chi connectivity index (χ1) is 20.8. The second-order valence-electron chi connectivity index (χ2n) is 11.6. The molecule has 1 amide bonds. The van der Waals surface area contributed by atoms with Crippen LogP contribution in [0.4, 0.5) is 10.1 Å². The maximum atomic E-state index is 14.5. The maximum absolute atomic E-state index is 14.5. The Labute approximate surface area is 259 Å². The third-order valence-corrected chi connectivity index (χ3v) is 9.12. The van der Waals surface area contributed by atoms with Crippen molar-refractivity contribution in [3.05, 3.63) is 82.6 Å². The molecule has 2 saturated heterocycles. The molecule has 0 saturated carbocycles. The van der Waals surface area contributed by atoms with Gasteiger partial charge in [-0.2, -0.15) is 0 Å². The van der Waals surface area contributed by atoms with Crippen molar-refractivity contribution in [2.24, 2.45) is 11.7 Å². The molecule has 0 radical (unpaired) electrons. The predicted molar refractivity (Wildman–Crippen MR) is 172 cm³/mol. The largest absolute Gasteiger partial charge is 0.493 e.